The van der Waals surface area contributed by atoms with Crippen LogP contribution in [0.3, 0.4) is 0 Å². The fraction of sp³-hybridized carbons (Fsp3) is 0.0909. The largest absolute Gasteiger partial charge is 0.416 e. The molecule has 2 aromatic carbocycles. The molecule has 3 N–H and O–H groups in total. The number of aromatic nitrogens is 3. The van der Waals surface area contributed by atoms with Crippen molar-refractivity contribution in [2.24, 2.45) is 0 Å². The SMILES string of the molecule is O=C(Cc1csc(-c2ccc(C(F)(F)F)cc2)n1)NNC(=O)c1cc(-c2ccccc2)n[nH]1. The summed E-state index contributed by atoms with van der Waals surface area (Å²) in [6, 6.07) is 15.5. The molecule has 0 atom stereocenters. The molecule has 0 aliphatic rings. The molecule has 0 spiro atoms. The van der Waals surface area contributed by atoms with E-state index in [0.29, 0.717) is 22.0 Å². The van der Waals surface area contributed by atoms with Gasteiger partial charge < -0.3 is 0 Å². The topological polar surface area (TPSA) is 99.8 Å². The van der Waals surface area contributed by atoms with E-state index in [9.17, 15) is 22.8 Å². The molecule has 4 aromatic rings. The number of amides is 2. The highest BCUT2D eigenvalue weighted by atomic mass is 32.1. The number of halogens is 3. The van der Waals surface area contributed by atoms with E-state index >= 15 is 0 Å². The molecule has 2 amide bonds. The average molecular weight is 471 g/mol. The zero-order valence-corrected chi connectivity index (χ0v) is 17.6. The van der Waals surface area contributed by atoms with Crippen LogP contribution in [0, 0.1) is 0 Å². The summed E-state index contributed by atoms with van der Waals surface area (Å²) >= 11 is 1.21. The van der Waals surface area contributed by atoms with Crippen molar-refractivity contribution in [1.82, 2.24) is 26.0 Å². The molecule has 11 heteroatoms. The smallest absolute Gasteiger partial charge is 0.273 e. The quantitative estimate of drug-likeness (QED) is 0.380. The van der Waals surface area contributed by atoms with Gasteiger partial charge in [-0.25, -0.2) is 4.98 Å². The third kappa shape index (κ3) is 5.44. The first-order valence-corrected chi connectivity index (χ1v) is 10.5. The standard InChI is InChI=1S/C22H16F3N5O2S/c23-22(24,25)15-8-6-14(7-9-15)21-26-16(12-33-21)10-19(31)29-30-20(32)18-11-17(27-28-18)13-4-2-1-3-5-13/h1-9,11-12H,10H2,(H,27,28)(H,29,31)(H,30,32). The Morgan fingerprint density at radius 1 is 0.970 bits per heavy atom. The molecule has 2 heterocycles. The van der Waals surface area contributed by atoms with Gasteiger partial charge in [0.1, 0.15) is 10.7 Å². The molecule has 0 fully saturated rings. The van der Waals surface area contributed by atoms with Crippen LogP contribution >= 0.6 is 11.3 Å². The highest BCUT2D eigenvalue weighted by molar-refractivity contribution is 7.13. The predicted molar refractivity (Wildman–Crippen MR) is 116 cm³/mol. The van der Waals surface area contributed by atoms with Crippen LogP contribution in [0.5, 0.6) is 0 Å². The molecule has 0 saturated heterocycles. The molecule has 7 nitrogen and oxygen atoms in total. The van der Waals surface area contributed by atoms with Crippen molar-refractivity contribution in [1.29, 1.82) is 0 Å². The molecule has 0 aliphatic carbocycles. The Morgan fingerprint density at radius 2 is 1.70 bits per heavy atom. The fourth-order valence-corrected chi connectivity index (χ4v) is 3.75. The lowest BCUT2D eigenvalue weighted by Crippen LogP contribution is -2.42. The van der Waals surface area contributed by atoms with Gasteiger partial charge in [0.25, 0.3) is 5.91 Å². The second-order valence-corrected chi connectivity index (χ2v) is 7.79. The Bertz CT molecular complexity index is 1270. The number of aromatic amines is 1. The van der Waals surface area contributed by atoms with Gasteiger partial charge in [-0.1, -0.05) is 42.5 Å². The minimum Gasteiger partial charge on any atom is -0.273 e. The molecule has 0 saturated carbocycles. The molecular formula is C22H16F3N5O2S. The molecule has 0 unspecified atom stereocenters. The van der Waals surface area contributed by atoms with Crippen LogP contribution in [0.1, 0.15) is 21.7 Å². The van der Waals surface area contributed by atoms with Crippen LogP contribution in [0.4, 0.5) is 13.2 Å². The number of nitrogens with one attached hydrogen (secondary N) is 3. The summed E-state index contributed by atoms with van der Waals surface area (Å²) in [5, 5.41) is 8.82. The third-order valence-corrected chi connectivity index (χ3v) is 5.50. The van der Waals surface area contributed by atoms with Gasteiger partial charge >= 0.3 is 6.18 Å². The first-order valence-electron chi connectivity index (χ1n) is 9.61. The number of rotatable bonds is 5. The number of hydrogen-bond acceptors (Lipinski definition) is 5. The monoisotopic (exact) mass is 471 g/mol. The van der Waals surface area contributed by atoms with E-state index in [2.05, 4.69) is 26.0 Å². The van der Waals surface area contributed by atoms with Crippen LogP contribution in [0.15, 0.2) is 66.0 Å². The van der Waals surface area contributed by atoms with Crippen molar-refractivity contribution in [2.75, 3.05) is 0 Å². The zero-order valence-electron chi connectivity index (χ0n) is 16.8. The van der Waals surface area contributed by atoms with Gasteiger partial charge in [0.2, 0.25) is 5.91 Å². The van der Waals surface area contributed by atoms with E-state index < -0.39 is 23.6 Å². The van der Waals surface area contributed by atoms with E-state index in [4.69, 9.17) is 0 Å². The molecule has 0 radical (unpaired) electrons. The third-order valence-electron chi connectivity index (χ3n) is 4.56. The van der Waals surface area contributed by atoms with Gasteiger partial charge in [0, 0.05) is 16.5 Å². The number of thiazole rings is 1. The lowest BCUT2D eigenvalue weighted by Gasteiger charge is -2.06. The molecule has 168 valence electrons. The summed E-state index contributed by atoms with van der Waals surface area (Å²) in [5.41, 5.74) is 6.40. The van der Waals surface area contributed by atoms with E-state index in [1.807, 2.05) is 30.3 Å². The van der Waals surface area contributed by atoms with Gasteiger partial charge in [-0.15, -0.1) is 11.3 Å². The summed E-state index contributed by atoms with van der Waals surface area (Å²) < 4.78 is 38.1. The predicted octanol–water partition coefficient (Wildman–Crippen LogP) is 4.22. The number of carbonyl (C=O) groups excluding carboxylic acids is 2. The highest BCUT2D eigenvalue weighted by Gasteiger charge is 2.30. The minimum absolute atomic E-state index is 0.115. The Labute approximate surface area is 189 Å². The number of hydrazine groups is 1. The van der Waals surface area contributed by atoms with Crippen molar-refractivity contribution in [2.45, 2.75) is 12.6 Å². The van der Waals surface area contributed by atoms with E-state index in [1.165, 1.54) is 23.5 Å². The number of H-pyrrole nitrogens is 1. The summed E-state index contributed by atoms with van der Waals surface area (Å²) in [6.45, 7) is 0. The molecule has 0 bridgehead atoms. The Morgan fingerprint density at radius 3 is 2.39 bits per heavy atom. The van der Waals surface area contributed by atoms with Crippen LogP contribution in [-0.2, 0) is 17.4 Å². The number of alkyl halides is 3. The van der Waals surface area contributed by atoms with E-state index in [1.54, 1.807) is 11.4 Å². The molecule has 2 aromatic heterocycles. The maximum absolute atomic E-state index is 12.7. The Balaban J connectivity index is 1.31. The number of benzene rings is 2. The van der Waals surface area contributed by atoms with Crippen LogP contribution in [-0.4, -0.2) is 27.0 Å². The second kappa shape index (κ2) is 9.25. The van der Waals surface area contributed by atoms with Crippen LogP contribution in [0.25, 0.3) is 21.8 Å². The van der Waals surface area contributed by atoms with Crippen molar-refractivity contribution in [3.8, 4) is 21.8 Å². The van der Waals surface area contributed by atoms with Crippen LogP contribution < -0.4 is 10.9 Å². The Kier molecular flexibility index (Phi) is 6.22. The highest BCUT2D eigenvalue weighted by Crippen LogP contribution is 2.31. The first-order chi connectivity index (χ1) is 15.8. The molecule has 0 aliphatic heterocycles. The summed E-state index contributed by atoms with van der Waals surface area (Å²) in [4.78, 5) is 28.7. The second-order valence-electron chi connectivity index (χ2n) is 6.93. The molecule has 4 rings (SSSR count). The summed E-state index contributed by atoms with van der Waals surface area (Å²) in [7, 11) is 0. The number of nitrogens with zero attached hydrogens (tertiary/aromatic N) is 2. The Hall–Kier alpha value is -3.99. The number of hydrogen-bond donors (Lipinski definition) is 3. The molecule has 33 heavy (non-hydrogen) atoms. The van der Waals surface area contributed by atoms with Gasteiger partial charge in [-0.2, -0.15) is 18.3 Å². The fourth-order valence-electron chi connectivity index (χ4n) is 2.92. The summed E-state index contributed by atoms with van der Waals surface area (Å²) in [5.74, 6) is -1.07. The minimum atomic E-state index is -4.41. The maximum Gasteiger partial charge on any atom is 0.416 e. The molecular weight excluding hydrogens is 455 g/mol. The van der Waals surface area contributed by atoms with Crippen molar-refractivity contribution in [3.63, 3.8) is 0 Å². The van der Waals surface area contributed by atoms with Crippen molar-refractivity contribution < 1.29 is 22.8 Å². The lowest BCUT2D eigenvalue weighted by atomic mass is 10.1. The summed E-state index contributed by atoms with van der Waals surface area (Å²) in [6.07, 6.45) is -4.52. The normalized spacial score (nSPS) is 11.2. The lowest BCUT2D eigenvalue weighted by molar-refractivity contribution is -0.137. The van der Waals surface area contributed by atoms with Gasteiger partial charge in [0.05, 0.1) is 23.4 Å². The van der Waals surface area contributed by atoms with Gasteiger partial charge in [-0.3, -0.25) is 25.5 Å². The van der Waals surface area contributed by atoms with E-state index in [-0.39, 0.29) is 12.1 Å². The van der Waals surface area contributed by atoms with Crippen molar-refractivity contribution >= 4 is 23.2 Å². The van der Waals surface area contributed by atoms with Crippen molar-refractivity contribution in [3.05, 3.63) is 83.0 Å². The zero-order chi connectivity index (χ0) is 23.4. The van der Waals surface area contributed by atoms with Gasteiger partial charge in [0.15, 0.2) is 0 Å². The van der Waals surface area contributed by atoms with E-state index in [0.717, 1.165) is 17.7 Å². The first kappa shape index (κ1) is 22.2. The number of carbonyl (C=O) groups is 2. The van der Waals surface area contributed by atoms with Gasteiger partial charge in [-0.05, 0) is 18.2 Å². The van der Waals surface area contributed by atoms with Crippen LogP contribution in [0.2, 0.25) is 0 Å². The average Bonchev–Trinajstić information content (AvgIpc) is 3.48. The maximum atomic E-state index is 12.7.